The topological polar surface area (TPSA) is 81.9 Å². The quantitative estimate of drug-likeness (QED) is 0.571. The van der Waals surface area contributed by atoms with Crippen LogP contribution in [-0.2, 0) is 23.7 Å². The number of benzene rings is 1. The van der Waals surface area contributed by atoms with Gasteiger partial charge in [0, 0.05) is 45.0 Å². The van der Waals surface area contributed by atoms with Gasteiger partial charge in [-0.05, 0) is 43.5 Å². The highest BCUT2D eigenvalue weighted by molar-refractivity contribution is 5.79. The number of aromatic nitrogens is 2. The zero-order chi connectivity index (χ0) is 20.1. The van der Waals surface area contributed by atoms with Crippen LogP contribution in [-0.4, -0.2) is 48.8 Å². The van der Waals surface area contributed by atoms with Crippen molar-refractivity contribution in [3.05, 3.63) is 41.7 Å². The number of hydrogen-bond acceptors (Lipinski definition) is 5. The van der Waals surface area contributed by atoms with Gasteiger partial charge in [-0.25, -0.2) is 4.99 Å². The van der Waals surface area contributed by atoms with Crippen LogP contribution in [0.3, 0.4) is 0 Å². The number of aryl methyl sites for hydroxylation is 1. The SMILES string of the molecule is CCNC(=NCc1ccnn1C)NCC1(c2ccc3c(c2)OCO3)CCOCC1. The molecule has 0 atom stereocenters. The second-order valence-corrected chi connectivity index (χ2v) is 7.46. The molecule has 0 unspecified atom stereocenters. The lowest BCUT2D eigenvalue weighted by Crippen LogP contribution is -2.48. The van der Waals surface area contributed by atoms with Crippen LogP contribution in [0.5, 0.6) is 11.5 Å². The zero-order valence-corrected chi connectivity index (χ0v) is 17.1. The number of rotatable bonds is 6. The third-order valence-electron chi connectivity index (χ3n) is 5.69. The summed E-state index contributed by atoms with van der Waals surface area (Å²) in [5.41, 5.74) is 2.28. The Kier molecular flexibility index (Phi) is 5.89. The molecule has 8 heteroatoms. The molecule has 1 fully saturated rings. The molecule has 2 aliphatic rings. The molecule has 2 N–H and O–H groups in total. The van der Waals surface area contributed by atoms with Crippen LogP contribution < -0.4 is 20.1 Å². The van der Waals surface area contributed by atoms with Crippen LogP contribution in [0.15, 0.2) is 35.5 Å². The van der Waals surface area contributed by atoms with Gasteiger partial charge in [0.25, 0.3) is 0 Å². The van der Waals surface area contributed by atoms with Crippen molar-refractivity contribution < 1.29 is 14.2 Å². The van der Waals surface area contributed by atoms with Crippen LogP contribution in [0, 0.1) is 0 Å². The molecule has 2 aromatic rings. The average molecular weight is 399 g/mol. The Hall–Kier alpha value is -2.74. The maximum Gasteiger partial charge on any atom is 0.231 e. The molecule has 0 spiro atoms. The van der Waals surface area contributed by atoms with Crippen LogP contribution in [0.25, 0.3) is 0 Å². The average Bonchev–Trinajstić information content (AvgIpc) is 3.39. The highest BCUT2D eigenvalue weighted by Gasteiger charge is 2.35. The van der Waals surface area contributed by atoms with Gasteiger partial charge in [0.2, 0.25) is 6.79 Å². The molecule has 2 aliphatic heterocycles. The predicted molar refractivity (Wildman–Crippen MR) is 110 cm³/mol. The molecular formula is C21H29N5O3. The summed E-state index contributed by atoms with van der Waals surface area (Å²) in [6, 6.07) is 8.27. The summed E-state index contributed by atoms with van der Waals surface area (Å²) in [4.78, 5) is 4.74. The Morgan fingerprint density at radius 2 is 2.00 bits per heavy atom. The molecule has 3 heterocycles. The van der Waals surface area contributed by atoms with Gasteiger partial charge >= 0.3 is 0 Å². The second kappa shape index (κ2) is 8.73. The fraction of sp³-hybridized carbons (Fsp3) is 0.524. The lowest BCUT2D eigenvalue weighted by atomic mass is 9.74. The fourth-order valence-corrected chi connectivity index (χ4v) is 3.87. The number of aliphatic imine (C=N–C) groups is 1. The molecule has 0 radical (unpaired) electrons. The number of fused-ring (bicyclic) bond motifs is 1. The minimum Gasteiger partial charge on any atom is -0.454 e. The largest absolute Gasteiger partial charge is 0.454 e. The van der Waals surface area contributed by atoms with Crippen LogP contribution in [0.2, 0.25) is 0 Å². The Morgan fingerprint density at radius 3 is 2.76 bits per heavy atom. The number of ether oxygens (including phenoxy) is 3. The molecule has 1 aromatic heterocycles. The maximum absolute atomic E-state index is 5.66. The fourth-order valence-electron chi connectivity index (χ4n) is 3.87. The van der Waals surface area contributed by atoms with E-state index in [4.69, 9.17) is 19.2 Å². The van der Waals surface area contributed by atoms with Crippen LogP contribution >= 0.6 is 0 Å². The lowest BCUT2D eigenvalue weighted by molar-refractivity contribution is 0.0513. The number of nitrogens with zero attached hydrogens (tertiary/aromatic N) is 3. The van der Waals surface area contributed by atoms with E-state index in [1.54, 1.807) is 6.20 Å². The van der Waals surface area contributed by atoms with Crippen molar-refractivity contribution in [1.82, 2.24) is 20.4 Å². The van der Waals surface area contributed by atoms with Gasteiger partial charge in [-0.15, -0.1) is 0 Å². The van der Waals surface area contributed by atoms with E-state index >= 15 is 0 Å². The Balaban J connectivity index is 1.51. The molecule has 1 saturated heterocycles. The van der Waals surface area contributed by atoms with E-state index in [0.29, 0.717) is 13.3 Å². The van der Waals surface area contributed by atoms with Crippen LogP contribution in [0.1, 0.15) is 31.0 Å². The molecule has 0 bridgehead atoms. The van der Waals surface area contributed by atoms with Gasteiger partial charge in [0.15, 0.2) is 17.5 Å². The molecule has 29 heavy (non-hydrogen) atoms. The molecule has 0 aliphatic carbocycles. The van der Waals surface area contributed by atoms with Crippen LogP contribution in [0.4, 0.5) is 0 Å². The number of guanidine groups is 1. The molecular weight excluding hydrogens is 370 g/mol. The molecule has 0 amide bonds. The third kappa shape index (κ3) is 4.32. The predicted octanol–water partition coefficient (Wildman–Crippen LogP) is 1.95. The Labute approximate surface area is 171 Å². The molecule has 0 saturated carbocycles. The number of hydrogen-bond donors (Lipinski definition) is 2. The molecule has 1 aromatic carbocycles. The van der Waals surface area contributed by atoms with E-state index in [-0.39, 0.29) is 5.41 Å². The van der Waals surface area contributed by atoms with Crippen molar-refractivity contribution in [3.8, 4) is 11.5 Å². The van der Waals surface area contributed by atoms with E-state index in [9.17, 15) is 0 Å². The smallest absolute Gasteiger partial charge is 0.231 e. The summed E-state index contributed by atoms with van der Waals surface area (Å²) in [5, 5.41) is 11.1. The number of nitrogens with one attached hydrogen (secondary N) is 2. The van der Waals surface area contributed by atoms with E-state index < -0.39 is 0 Å². The first-order chi connectivity index (χ1) is 14.2. The van der Waals surface area contributed by atoms with Crippen molar-refractivity contribution in [3.63, 3.8) is 0 Å². The molecule has 4 rings (SSSR count). The van der Waals surface area contributed by atoms with Crippen molar-refractivity contribution >= 4 is 5.96 Å². The van der Waals surface area contributed by atoms with Gasteiger partial charge in [-0.1, -0.05) is 6.07 Å². The highest BCUT2D eigenvalue weighted by atomic mass is 16.7. The van der Waals surface area contributed by atoms with Crippen molar-refractivity contribution in [2.75, 3.05) is 33.1 Å². The van der Waals surface area contributed by atoms with Gasteiger partial charge in [-0.2, -0.15) is 5.10 Å². The summed E-state index contributed by atoms with van der Waals surface area (Å²) in [6.07, 6.45) is 3.68. The van der Waals surface area contributed by atoms with Gasteiger partial charge < -0.3 is 24.8 Å². The van der Waals surface area contributed by atoms with Gasteiger partial charge in [-0.3, -0.25) is 4.68 Å². The zero-order valence-electron chi connectivity index (χ0n) is 17.1. The summed E-state index contributed by atoms with van der Waals surface area (Å²) < 4.78 is 18.6. The Bertz CT molecular complexity index is 858. The van der Waals surface area contributed by atoms with E-state index in [1.165, 1.54) is 5.56 Å². The minimum absolute atomic E-state index is 0.0397. The molecule has 8 nitrogen and oxygen atoms in total. The lowest BCUT2D eigenvalue weighted by Gasteiger charge is -2.38. The van der Waals surface area contributed by atoms with Crippen molar-refractivity contribution in [2.45, 2.75) is 31.7 Å². The summed E-state index contributed by atoms with van der Waals surface area (Å²) in [5.74, 6) is 2.44. The third-order valence-corrected chi connectivity index (χ3v) is 5.69. The van der Waals surface area contributed by atoms with Crippen molar-refractivity contribution in [2.24, 2.45) is 12.0 Å². The second-order valence-electron chi connectivity index (χ2n) is 7.46. The first-order valence-electron chi connectivity index (χ1n) is 10.2. The summed E-state index contributed by atoms with van der Waals surface area (Å²) >= 11 is 0. The summed E-state index contributed by atoms with van der Waals surface area (Å²) in [6.45, 7) is 6.01. The van der Waals surface area contributed by atoms with Gasteiger partial charge in [0.05, 0.1) is 12.2 Å². The first-order valence-corrected chi connectivity index (χ1v) is 10.2. The van der Waals surface area contributed by atoms with E-state index in [0.717, 1.165) is 62.3 Å². The Morgan fingerprint density at radius 1 is 1.17 bits per heavy atom. The normalized spacial score (nSPS) is 17.9. The monoisotopic (exact) mass is 399 g/mol. The maximum atomic E-state index is 5.66. The van der Waals surface area contributed by atoms with E-state index in [2.05, 4.69) is 34.8 Å². The van der Waals surface area contributed by atoms with Crippen molar-refractivity contribution in [1.29, 1.82) is 0 Å². The summed E-state index contributed by atoms with van der Waals surface area (Å²) in [7, 11) is 1.93. The highest BCUT2D eigenvalue weighted by Crippen LogP contribution is 2.40. The standard InChI is InChI=1S/C21H29N5O3/c1-3-22-20(23-13-17-6-9-25-26(17)2)24-14-21(7-10-27-11-8-21)16-4-5-18-19(12-16)29-15-28-18/h4-6,9,12H,3,7-8,10-11,13-15H2,1-2H3,(H2,22,23,24). The minimum atomic E-state index is -0.0397. The molecule has 156 valence electrons. The first kappa shape index (κ1) is 19.6. The van der Waals surface area contributed by atoms with Gasteiger partial charge in [0.1, 0.15) is 0 Å². The van der Waals surface area contributed by atoms with E-state index in [1.807, 2.05) is 23.9 Å².